The Morgan fingerprint density at radius 3 is 2.55 bits per heavy atom. The molecule has 3 N–H and O–H groups in total. The minimum absolute atomic E-state index is 0.170. The Bertz CT molecular complexity index is 1260. The van der Waals surface area contributed by atoms with Crippen molar-refractivity contribution >= 4 is 29.6 Å². The Balaban J connectivity index is 1.40. The molecule has 13 nitrogen and oxygen atoms in total. The maximum atomic E-state index is 13.5. The van der Waals surface area contributed by atoms with E-state index < -0.39 is 35.5 Å². The first-order valence-electron chi connectivity index (χ1n) is 12.3. The highest BCUT2D eigenvalue weighted by Gasteiger charge is 2.60. The summed E-state index contributed by atoms with van der Waals surface area (Å²) in [7, 11) is 0. The summed E-state index contributed by atoms with van der Waals surface area (Å²) in [6, 6.07) is 8.43. The lowest BCUT2D eigenvalue weighted by atomic mass is 9.85. The number of esters is 1. The number of aromatic nitrogens is 3. The third-order valence-corrected chi connectivity index (χ3v) is 7.01. The largest absolute Gasteiger partial charge is 0.460 e. The quantitative estimate of drug-likeness (QED) is 0.322. The smallest absolute Gasteiger partial charge is 0.302 e. The van der Waals surface area contributed by atoms with Crippen molar-refractivity contribution in [1.29, 1.82) is 0 Å². The van der Waals surface area contributed by atoms with E-state index in [-0.39, 0.29) is 30.6 Å². The van der Waals surface area contributed by atoms with E-state index in [1.165, 1.54) is 23.6 Å². The topological polar surface area (TPSA) is 170 Å². The van der Waals surface area contributed by atoms with Crippen molar-refractivity contribution < 1.29 is 28.7 Å². The molecule has 2 aliphatic heterocycles. The minimum Gasteiger partial charge on any atom is -0.460 e. The van der Waals surface area contributed by atoms with Gasteiger partial charge in [-0.3, -0.25) is 24.0 Å². The molecule has 4 rings (SSSR count). The third-order valence-electron chi connectivity index (χ3n) is 7.01. The molecule has 3 heterocycles. The number of primary amides is 1. The SMILES string of the molecule is CC(=O)O[C@H](C)[C@H](NC(=O)CN1CC2(CCCN2C(=O)c2nnn(Cc3ccccc3)c2C)C1=O)C(N)=O. The van der Waals surface area contributed by atoms with E-state index in [1.54, 1.807) is 11.6 Å². The molecular formula is C25H31N7O6. The van der Waals surface area contributed by atoms with Crippen LogP contribution in [0.1, 0.15) is 48.4 Å². The summed E-state index contributed by atoms with van der Waals surface area (Å²) in [6.45, 7) is 5.06. The molecular weight excluding hydrogens is 494 g/mol. The maximum absolute atomic E-state index is 13.5. The van der Waals surface area contributed by atoms with E-state index >= 15 is 0 Å². The number of ether oxygens (including phenoxy) is 1. The molecule has 2 aliphatic rings. The van der Waals surface area contributed by atoms with Gasteiger partial charge in [0.05, 0.1) is 25.3 Å². The fourth-order valence-electron chi connectivity index (χ4n) is 5.08. The van der Waals surface area contributed by atoms with Crippen molar-refractivity contribution in [2.45, 2.75) is 57.8 Å². The van der Waals surface area contributed by atoms with Gasteiger partial charge in [0, 0.05) is 13.5 Å². The van der Waals surface area contributed by atoms with E-state index in [0.717, 1.165) is 5.56 Å². The lowest BCUT2D eigenvalue weighted by Gasteiger charge is -2.50. The fraction of sp³-hybridized carbons (Fsp3) is 0.480. The van der Waals surface area contributed by atoms with Crippen LogP contribution in [-0.4, -0.2) is 91.7 Å². The molecule has 1 spiro atoms. The zero-order chi connectivity index (χ0) is 27.6. The number of nitrogens with zero attached hydrogens (tertiary/aromatic N) is 5. The number of carbonyl (C=O) groups is 5. The summed E-state index contributed by atoms with van der Waals surface area (Å²) in [5.74, 6) is -2.86. The zero-order valence-electron chi connectivity index (χ0n) is 21.5. The predicted octanol–water partition coefficient (Wildman–Crippen LogP) is -0.626. The first-order chi connectivity index (χ1) is 18.0. The Labute approximate surface area is 219 Å². The molecule has 3 atom stereocenters. The van der Waals surface area contributed by atoms with Crippen LogP contribution in [0.5, 0.6) is 0 Å². The van der Waals surface area contributed by atoms with Gasteiger partial charge in [0.2, 0.25) is 11.8 Å². The van der Waals surface area contributed by atoms with Crippen molar-refractivity contribution in [3.05, 3.63) is 47.3 Å². The number of β-lactam (4-membered cyclic amide) rings is 1. The van der Waals surface area contributed by atoms with E-state index in [2.05, 4.69) is 15.6 Å². The first-order valence-corrected chi connectivity index (χ1v) is 12.3. The number of amides is 4. The van der Waals surface area contributed by atoms with E-state index in [0.29, 0.717) is 31.6 Å². The molecule has 0 saturated carbocycles. The third kappa shape index (κ3) is 5.08. The fourth-order valence-corrected chi connectivity index (χ4v) is 5.08. The normalized spacial score (nSPS) is 20.1. The van der Waals surface area contributed by atoms with Gasteiger partial charge >= 0.3 is 5.97 Å². The highest BCUT2D eigenvalue weighted by atomic mass is 16.5. The monoisotopic (exact) mass is 525 g/mol. The van der Waals surface area contributed by atoms with Gasteiger partial charge in [-0.15, -0.1) is 5.10 Å². The Hall–Kier alpha value is -4.29. The van der Waals surface area contributed by atoms with E-state index in [4.69, 9.17) is 10.5 Å². The van der Waals surface area contributed by atoms with Crippen LogP contribution in [0.25, 0.3) is 0 Å². The van der Waals surface area contributed by atoms with Gasteiger partial charge in [0.25, 0.3) is 11.8 Å². The molecule has 4 amide bonds. The van der Waals surface area contributed by atoms with Crippen LogP contribution in [0.2, 0.25) is 0 Å². The lowest BCUT2D eigenvalue weighted by Crippen LogP contribution is -2.74. The Morgan fingerprint density at radius 2 is 1.92 bits per heavy atom. The number of hydrogen-bond acceptors (Lipinski definition) is 8. The summed E-state index contributed by atoms with van der Waals surface area (Å²) in [5, 5.41) is 10.7. The average Bonchev–Trinajstić information content (AvgIpc) is 3.47. The van der Waals surface area contributed by atoms with Crippen LogP contribution in [-0.2, 0) is 30.5 Å². The second-order valence-electron chi connectivity index (χ2n) is 9.68. The number of nitrogens with one attached hydrogen (secondary N) is 1. The van der Waals surface area contributed by atoms with Gasteiger partial charge in [0.15, 0.2) is 5.69 Å². The van der Waals surface area contributed by atoms with Gasteiger partial charge in [-0.1, -0.05) is 35.5 Å². The zero-order valence-corrected chi connectivity index (χ0v) is 21.5. The molecule has 202 valence electrons. The van der Waals surface area contributed by atoms with Crippen LogP contribution in [0, 0.1) is 6.92 Å². The number of carbonyl (C=O) groups excluding carboxylic acids is 5. The predicted molar refractivity (Wildman–Crippen MR) is 132 cm³/mol. The van der Waals surface area contributed by atoms with Crippen LogP contribution in [0.15, 0.2) is 30.3 Å². The van der Waals surface area contributed by atoms with Crippen molar-refractivity contribution in [1.82, 2.24) is 30.1 Å². The summed E-state index contributed by atoms with van der Waals surface area (Å²) < 4.78 is 6.60. The highest BCUT2D eigenvalue weighted by molar-refractivity contribution is 6.03. The summed E-state index contributed by atoms with van der Waals surface area (Å²) in [5.41, 5.74) is 6.11. The van der Waals surface area contributed by atoms with Gasteiger partial charge in [-0.25, -0.2) is 4.68 Å². The second-order valence-corrected chi connectivity index (χ2v) is 9.68. The number of nitrogens with two attached hydrogens (primary N) is 1. The average molecular weight is 526 g/mol. The van der Waals surface area contributed by atoms with Gasteiger partial charge in [-0.2, -0.15) is 0 Å². The number of rotatable bonds is 9. The molecule has 0 bridgehead atoms. The second kappa shape index (κ2) is 10.6. The molecule has 1 aromatic carbocycles. The molecule has 0 radical (unpaired) electrons. The Kier molecular flexibility index (Phi) is 7.46. The maximum Gasteiger partial charge on any atom is 0.302 e. The Morgan fingerprint density at radius 1 is 1.21 bits per heavy atom. The molecule has 2 saturated heterocycles. The van der Waals surface area contributed by atoms with E-state index in [9.17, 15) is 24.0 Å². The van der Waals surface area contributed by atoms with Crippen LogP contribution < -0.4 is 11.1 Å². The molecule has 2 aromatic rings. The van der Waals surface area contributed by atoms with Crippen molar-refractivity contribution in [3.8, 4) is 0 Å². The van der Waals surface area contributed by atoms with Gasteiger partial charge < -0.3 is 25.6 Å². The van der Waals surface area contributed by atoms with Gasteiger partial charge in [-0.05, 0) is 32.3 Å². The van der Waals surface area contributed by atoms with Crippen LogP contribution >= 0.6 is 0 Å². The summed E-state index contributed by atoms with van der Waals surface area (Å²) >= 11 is 0. The highest BCUT2D eigenvalue weighted by Crippen LogP contribution is 2.39. The van der Waals surface area contributed by atoms with E-state index in [1.807, 2.05) is 30.3 Å². The van der Waals surface area contributed by atoms with Crippen LogP contribution in [0.3, 0.4) is 0 Å². The molecule has 1 aromatic heterocycles. The number of likely N-dealkylation sites (tertiary alicyclic amines) is 2. The molecule has 1 unspecified atom stereocenters. The molecule has 38 heavy (non-hydrogen) atoms. The lowest BCUT2D eigenvalue weighted by molar-refractivity contribution is -0.161. The number of hydrogen-bond donors (Lipinski definition) is 2. The molecule has 0 aliphatic carbocycles. The molecule has 2 fully saturated rings. The standard InChI is InChI=1S/C25H31N7O6/c1-15-20(28-29-32(15)12-18-8-5-4-6-9-18)23(36)31-11-7-10-25(31)14-30(24(25)37)13-19(34)27-21(22(26)35)16(2)38-17(3)33/h4-6,8-9,16,21H,7,10-14H2,1-3H3,(H2,26,35)(H,27,34)/t16-,21+,25?/m1/s1. The number of benzene rings is 1. The van der Waals surface area contributed by atoms with Crippen molar-refractivity contribution in [2.24, 2.45) is 5.73 Å². The van der Waals surface area contributed by atoms with Crippen molar-refractivity contribution in [2.75, 3.05) is 19.6 Å². The minimum atomic E-state index is -1.25. The van der Waals surface area contributed by atoms with Crippen LogP contribution in [0.4, 0.5) is 0 Å². The van der Waals surface area contributed by atoms with Crippen molar-refractivity contribution in [3.63, 3.8) is 0 Å². The summed E-state index contributed by atoms with van der Waals surface area (Å²) in [4.78, 5) is 65.1. The molecule has 13 heteroatoms. The first kappa shape index (κ1) is 26.8. The van der Waals surface area contributed by atoms with Gasteiger partial charge in [0.1, 0.15) is 17.7 Å². The summed E-state index contributed by atoms with van der Waals surface area (Å²) in [6.07, 6.45) is 0.132.